The van der Waals surface area contributed by atoms with E-state index in [1.165, 1.54) is 0 Å². The Hall–Kier alpha value is -1.63. The maximum atomic E-state index is 12.0. The molecule has 132 valence electrons. The van der Waals surface area contributed by atoms with E-state index in [1.54, 1.807) is 6.20 Å². The first-order valence-electron chi connectivity index (χ1n) is 7.60. The van der Waals surface area contributed by atoms with E-state index in [0.717, 1.165) is 42.3 Å². The van der Waals surface area contributed by atoms with E-state index in [4.69, 9.17) is 0 Å². The van der Waals surface area contributed by atoms with Crippen molar-refractivity contribution in [1.29, 1.82) is 0 Å². The van der Waals surface area contributed by atoms with Crippen molar-refractivity contribution in [3.05, 3.63) is 41.3 Å². The minimum atomic E-state index is 0. The van der Waals surface area contributed by atoms with Gasteiger partial charge in [-0.2, -0.15) is 5.10 Å². The number of amides is 1. The van der Waals surface area contributed by atoms with E-state index in [2.05, 4.69) is 20.7 Å². The molecule has 0 aliphatic carbocycles. The topological polar surface area (TPSA) is 71.8 Å². The van der Waals surface area contributed by atoms with E-state index < -0.39 is 0 Å². The Kier molecular flexibility index (Phi) is 7.66. The van der Waals surface area contributed by atoms with Crippen LogP contribution in [0.5, 0.6) is 0 Å². The van der Waals surface area contributed by atoms with E-state index in [0.29, 0.717) is 6.54 Å². The number of carbonyl (C=O) groups excluding carboxylic acids is 1. The van der Waals surface area contributed by atoms with Crippen molar-refractivity contribution in [3.8, 4) is 5.82 Å². The summed E-state index contributed by atoms with van der Waals surface area (Å²) in [7, 11) is 0. The maximum Gasteiger partial charge on any atom is 0.224 e. The van der Waals surface area contributed by atoms with Gasteiger partial charge in [-0.3, -0.25) is 4.79 Å². The Morgan fingerprint density at radius 3 is 2.71 bits per heavy atom. The molecule has 0 radical (unpaired) electrons. The van der Waals surface area contributed by atoms with E-state index >= 15 is 0 Å². The fourth-order valence-corrected chi connectivity index (χ4v) is 2.72. The van der Waals surface area contributed by atoms with Gasteiger partial charge in [-0.05, 0) is 44.5 Å². The lowest BCUT2D eigenvalue weighted by Crippen LogP contribution is -2.31. The van der Waals surface area contributed by atoms with Crippen LogP contribution >= 0.6 is 24.8 Å². The molecule has 2 aromatic heterocycles. The van der Waals surface area contributed by atoms with E-state index in [9.17, 15) is 4.79 Å². The number of nitrogens with one attached hydrogen (secondary N) is 2. The summed E-state index contributed by atoms with van der Waals surface area (Å²) in [5.41, 5.74) is 3.02. The van der Waals surface area contributed by atoms with Crippen LogP contribution in [-0.2, 0) is 11.3 Å². The van der Waals surface area contributed by atoms with Crippen molar-refractivity contribution < 1.29 is 4.79 Å². The highest BCUT2D eigenvalue weighted by Crippen LogP contribution is 2.11. The summed E-state index contributed by atoms with van der Waals surface area (Å²) in [5, 5.41) is 10.6. The summed E-state index contributed by atoms with van der Waals surface area (Å²) in [6.45, 7) is 6.19. The Morgan fingerprint density at radius 2 is 2.17 bits per heavy atom. The molecule has 0 spiro atoms. The summed E-state index contributed by atoms with van der Waals surface area (Å²) >= 11 is 0. The molecule has 1 saturated heterocycles. The lowest BCUT2D eigenvalue weighted by molar-refractivity contribution is -0.124. The van der Waals surface area contributed by atoms with Crippen molar-refractivity contribution in [1.82, 2.24) is 25.4 Å². The predicted molar refractivity (Wildman–Crippen MR) is 98.2 cm³/mol. The average Bonchev–Trinajstić information content (AvgIpc) is 3.15. The molecule has 1 amide bonds. The smallest absolute Gasteiger partial charge is 0.224 e. The molecule has 0 aromatic carbocycles. The van der Waals surface area contributed by atoms with E-state index in [-0.39, 0.29) is 36.6 Å². The molecule has 1 atom stereocenters. The lowest BCUT2D eigenvalue weighted by atomic mass is 10.1. The number of carbonyl (C=O) groups is 1. The second-order valence-electron chi connectivity index (χ2n) is 5.77. The van der Waals surface area contributed by atoms with Gasteiger partial charge in [0, 0.05) is 25.0 Å². The zero-order chi connectivity index (χ0) is 15.5. The second-order valence-corrected chi connectivity index (χ2v) is 5.77. The van der Waals surface area contributed by atoms with Gasteiger partial charge in [0.15, 0.2) is 5.82 Å². The lowest BCUT2D eigenvalue weighted by Gasteiger charge is -2.10. The number of hydrogen-bond donors (Lipinski definition) is 2. The van der Waals surface area contributed by atoms with Crippen LogP contribution in [0, 0.1) is 19.8 Å². The normalized spacial score (nSPS) is 16.2. The molecule has 0 bridgehead atoms. The van der Waals surface area contributed by atoms with Crippen molar-refractivity contribution in [2.75, 3.05) is 13.1 Å². The monoisotopic (exact) mass is 371 g/mol. The van der Waals surface area contributed by atoms with Crippen LogP contribution < -0.4 is 10.6 Å². The van der Waals surface area contributed by atoms with Gasteiger partial charge < -0.3 is 10.6 Å². The highest BCUT2D eigenvalue weighted by molar-refractivity contribution is 5.85. The molecule has 1 aliphatic heterocycles. The van der Waals surface area contributed by atoms with Gasteiger partial charge >= 0.3 is 0 Å². The first kappa shape index (κ1) is 20.4. The van der Waals surface area contributed by atoms with Crippen molar-refractivity contribution in [2.24, 2.45) is 5.92 Å². The minimum Gasteiger partial charge on any atom is -0.352 e. The first-order valence-corrected chi connectivity index (χ1v) is 7.60. The Labute approximate surface area is 154 Å². The standard InChI is InChI=1S/C16H21N5O.2ClH/c1-11-7-12(2)21(20-11)15-4-3-13(8-18-15)9-19-16(22)14-5-6-17-10-14;;/h3-4,7-8,14,17H,5-6,9-10H2,1-2H3,(H,19,22);2*1H. The molecular formula is C16H23Cl2N5O. The Bertz CT molecular complexity index is 666. The van der Waals surface area contributed by atoms with Gasteiger partial charge in [-0.15, -0.1) is 24.8 Å². The van der Waals surface area contributed by atoms with Crippen LogP contribution in [-0.4, -0.2) is 33.8 Å². The van der Waals surface area contributed by atoms with Crippen LogP contribution in [0.2, 0.25) is 0 Å². The Balaban J connectivity index is 0.00000144. The molecule has 3 rings (SSSR count). The molecule has 2 aromatic rings. The molecule has 8 heteroatoms. The molecule has 1 unspecified atom stereocenters. The number of aromatic nitrogens is 3. The zero-order valence-electron chi connectivity index (χ0n) is 13.8. The number of nitrogens with zero attached hydrogens (tertiary/aromatic N) is 3. The fourth-order valence-electron chi connectivity index (χ4n) is 2.72. The molecule has 24 heavy (non-hydrogen) atoms. The summed E-state index contributed by atoms with van der Waals surface area (Å²) in [6, 6.07) is 5.93. The van der Waals surface area contributed by atoms with Crippen LogP contribution in [0.3, 0.4) is 0 Å². The molecular weight excluding hydrogens is 349 g/mol. The van der Waals surface area contributed by atoms with Crippen LogP contribution in [0.1, 0.15) is 23.4 Å². The maximum absolute atomic E-state index is 12.0. The second kappa shape index (κ2) is 9.01. The quantitative estimate of drug-likeness (QED) is 0.861. The van der Waals surface area contributed by atoms with Gasteiger partial charge in [0.05, 0.1) is 11.6 Å². The third kappa shape index (κ3) is 4.69. The third-order valence-electron chi connectivity index (χ3n) is 3.93. The number of rotatable bonds is 4. The number of halogens is 2. The largest absolute Gasteiger partial charge is 0.352 e. The molecule has 0 saturated carbocycles. The number of hydrogen-bond acceptors (Lipinski definition) is 4. The average molecular weight is 372 g/mol. The molecule has 2 N–H and O–H groups in total. The summed E-state index contributed by atoms with van der Waals surface area (Å²) in [5.74, 6) is 1.01. The van der Waals surface area contributed by atoms with Crippen molar-refractivity contribution in [2.45, 2.75) is 26.8 Å². The molecule has 1 fully saturated rings. The first-order chi connectivity index (χ1) is 10.6. The number of aryl methyl sites for hydroxylation is 2. The molecule has 1 aliphatic rings. The fraction of sp³-hybridized carbons (Fsp3) is 0.438. The van der Waals surface area contributed by atoms with Gasteiger partial charge in [0.25, 0.3) is 0 Å². The molecule has 6 nitrogen and oxygen atoms in total. The minimum absolute atomic E-state index is 0. The van der Waals surface area contributed by atoms with Gasteiger partial charge in [-0.1, -0.05) is 6.07 Å². The van der Waals surface area contributed by atoms with Crippen molar-refractivity contribution in [3.63, 3.8) is 0 Å². The third-order valence-corrected chi connectivity index (χ3v) is 3.93. The van der Waals surface area contributed by atoms with Gasteiger partial charge in [0.1, 0.15) is 0 Å². The van der Waals surface area contributed by atoms with Crippen LogP contribution in [0.25, 0.3) is 5.82 Å². The van der Waals surface area contributed by atoms with Crippen LogP contribution in [0.15, 0.2) is 24.4 Å². The summed E-state index contributed by atoms with van der Waals surface area (Å²) in [6.07, 6.45) is 2.71. The van der Waals surface area contributed by atoms with Crippen molar-refractivity contribution >= 4 is 30.7 Å². The summed E-state index contributed by atoms with van der Waals surface area (Å²) < 4.78 is 1.82. The van der Waals surface area contributed by atoms with Gasteiger partial charge in [-0.25, -0.2) is 9.67 Å². The number of pyridine rings is 1. The highest BCUT2D eigenvalue weighted by atomic mass is 35.5. The predicted octanol–water partition coefficient (Wildman–Crippen LogP) is 1.95. The zero-order valence-corrected chi connectivity index (χ0v) is 15.4. The highest BCUT2D eigenvalue weighted by Gasteiger charge is 2.21. The van der Waals surface area contributed by atoms with E-state index in [1.807, 2.05) is 36.7 Å². The summed E-state index contributed by atoms with van der Waals surface area (Å²) in [4.78, 5) is 16.4. The SMILES string of the molecule is Cc1cc(C)n(-c2ccc(CNC(=O)C3CCNC3)cn2)n1.Cl.Cl. The van der Waals surface area contributed by atoms with Gasteiger partial charge in [0.2, 0.25) is 5.91 Å². The molecule has 3 heterocycles. The van der Waals surface area contributed by atoms with Crippen LogP contribution in [0.4, 0.5) is 0 Å². The Morgan fingerprint density at radius 1 is 1.38 bits per heavy atom.